The van der Waals surface area contributed by atoms with Gasteiger partial charge in [0.2, 0.25) is 33.7 Å². The number of ether oxygens (including phenoxy) is 1. The Hall–Kier alpha value is -3.75. The molecule has 47 heavy (non-hydrogen) atoms. The standard InChI is InChI=1S/C32H45N5O9S/c1-5-20-18-32(20,28(42)35-47(44,45)21-9-10-21)34-25(39)23-8-7-17-37(23)26(40)22(19-36(3)24(38)6-2)33-27(41)30-11-14-31(15-12-30,16-13-30)29(43)46-4/h5-6,20-23H,1-2,7-19H2,3-4H3,(H,33,41)(H,34,39)(H,35,42)/t20-,22?,23+,30?,31?,32-/m1/s1. The number of hydrogen-bond donors (Lipinski definition) is 3. The molecule has 0 aromatic carbocycles. The Morgan fingerprint density at radius 2 is 1.60 bits per heavy atom. The first-order valence-electron chi connectivity index (χ1n) is 16.3. The lowest BCUT2D eigenvalue weighted by molar-refractivity contribution is -0.167. The van der Waals surface area contributed by atoms with Crippen molar-refractivity contribution in [3.63, 3.8) is 0 Å². The van der Waals surface area contributed by atoms with Crippen LogP contribution in [-0.2, 0) is 43.5 Å². The van der Waals surface area contributed by atoms with Crippen LogP contribution in [0.4, 0.5) is 0 Å². The third kappa shape index (κ3) is 6.42. The molecule has 0 aromatic heterocycles. The molecule has 5 aliphatic carbocycles. The lowest BCUT2D eigenvalue weighted by Gasteiger charge is -2.51. The number of methoxy groups -OCH3 is 1. The predicted molar refractivity (Wildman–Crippen MR) is 168 cm³/mol. The van der Waals surface area contributed by atoms with E-state index in [2.05, 4.69) is 28.5 Å². The monoisotopic (exact) mass is 675 g/mol. The number of likely N-dealkylation sites (tertiary alicyclic amines) is 1. The summed E-state index contributed by atoms with van der Waals surface area (Å²) in [5, 5.41) is 5.00. The fraction of sp³-hybridized carbons (Fsp3) is 0.688. The van der Waals surface area contributed by atoms with E-state index < -0.39 is 73.3 Å². The number of nitrogens with one attached hydrogen (secondary N) is 3. The van der Waals surface area contributed by atoms with Crippen LogP contribution in [0.5, 0.6) is 0 Å². The highest BCUT2D eigenvalue weighted by Gasteiger charge is 2.62. The van der Waals surface area contributed by atoms with Crippen molar-refractivity contribution in [3.8, 4) is 0 Å². The van der Waals surface area contributed by atoms with Gasteiger partial charge in [0.05, 0.1) is 17.8 Å². The average Bonchev–Trinajstić information content (AvgIpc) is 4.00. The van der Waals surface area contributed by atoms with Gasteiger partial charge in [0, 0.05) is 31.5 Å². The quantitative estimate of drug-likeness (QED) is 0.140. The number of esters is 1. The molecule has 5 amide bonds. The van der Waals surface area contributed by atoms with Gasteiger partial charge in [0.1, 0.15) is 17.6 Å². The lowest BCUT2D eigenvalue weighted by atomic mass is 9.53. The summed E-state index contributed by atoms with van der Waals surface area (Å²) in [6.07, 6.45) is 7.31. The molecule has 1 unspecified atom stereocenters. The summed E-state index contributed by atoms with van der Waals surface area (Å²) >= 11 is 0. The third-order valence-electron chi connectivity index (χ3n) is 11.0. The van der Waals surface area contributed by atoms with Crippen molar-refractivity contribution in [3.05, 3.63) is 25.3 Å². The second kappa shape index (κ2) is 12.7. The normalized spacial score (nSPS) is 31.6. The van der Waals surface area contributed by atoms with Gasteiger partial charge in [-0.3, -0.25) is 33.5 Å². The predicted octanol–water partition coefficient (Wildman–Crippen LogP) is 0.290. The SMILES string of the molecule is C=CC(=O)N(C)CC(NC(=O)C12CCC(C(=O)OC)(CC1)CC2)C(=O)N1CCC[C@H]1C(=O)N[C@]1(C(=O)NS(=O)(=O)C2CC2)C[C@H]1C=C. The average molecular weight is 676 g/mol. The minimum absolute atomic E-state index is 0.168. The first-order valence-corrected chi connectivity index (χ1v) is 17.8. The van der Waals surface area contributed by atoms with Crippen LogP contribution in [0.15, 0.2) is 25.3 Å². The smallest absolute Gasteiger partial charge is 0.311 e. The van der Waals surface area contributed by atoms with Crippen LogP contribution in [0.2, 0.25) is 0 Å². The van der Waals surface area contributed by atoms with Gasteiger partial charge in [-0.25, -0.2) is 8.42 Å². The van der Waals surface area contributed by atoms with E-state index in [1.54, 1.807) is 0 Å². The van der Waals surface area contributed by atoms with E-state index in [0.29, 0.717) is 57.8 Å². The number of rotatable bonds is 13. The number of carbonyl (C=O) groups is 6. The van der Waals surface area contributed by atoms with Crippen molar-refractivity contribution >= 4 is 45.5 Å². The van der Waals surface area contributed by atoms with Gasteiger partial charge >= 0.3 is 5.97 Å². The third-order valence-corrected chi connectivity index (χ3v) is 12.9. The van der Waals surface area contributed by atoms with Crippen molar-refractivity contribution in [1.29, 1.82) is 0 Å². The van der Waals surface area contributed by atoms with Gasteiger partial charge in [-0.1, -0.05) is 12.7 Å². The summed E-state index contributed by atoms with van der Waals surface area (Å²) in [5.74, 6) is -3.55. The van der Waals surface area contributed by atoms with E-state index >= 15 is 0 Å². The number of sulfonamides is 1. The largest absolute Gasteiger partial charge is 0.469 e. The summed E-state index contributed by atoms with van der Waals surface area (Å²) in [7, 11) is -1.02. The maximum Gasteiger partial charge on any atom is 0.311 e. The van der Waals surface area contributed by atoms with Crippen LogP contribution in [0.3, 0.4) is 0 Å². The van der Waals surface area contributed by atoms with Crippen LogP contribution >= 0.6 is 0 Å². The van der Waals surface area contributed by atoms with Crippen LogP contribution < -0.4 is 15.4 Å². The number of likely N-dealkylation sites (N-methyl/N-ethyl adjacent to an activating group) is 1. The molecule has 4 atom stereocenters. The van der Waals surface area contributed by atoms with E-state index in [0.717, 1.165) is 6.08 Å². The Morgan fingerprint density at radius 1 is 0.979 bits per heavy atom. The van der Waals surface area contributed by atoms with Crippen LogP contribution in [0, 0.1) is 16.7 Å². The molecule has 6 fully saturated rings. The highest BCUT2D eigenvalue weighted by atomic mass is 32.2. The molecule has 6 aliphatic rings. The van der Waals surface area contributed by atoms with E-state index in [-0.39, 0.29) is 37.8 Å². The van der Waals surface area contributed by atoms with Gasteiger partial charge in [-0.15, -0.1) is 6.58 Å². The Balaban J connectivity index is 1.31. The first-order chi connectivity index (χ1) is 22.2. The van der Waals surface area contributed by atoms with E-state index in [9.17, 15) is 37.2 Å². The zero-order valence-electron chi connectivity index (χ0n) is 27.0. The maximum atomic E-state index is 14.1. The summed E-state index contributed by atoms with van der Waals surface area (Å²) in [6, 6.07) is -2.17. The number of hydrogen-bond acceptors (Lipinski definition) is 9. The lowest BCUT2D eigenvalue weighted by Crippen LogP contribution is -2.61. The molecule has 14 nitrogen and oxygen atoms in total. The topological polar surface area (TPSA) is 188 Å². The van der Waals surface area contributed by atoms with Gasteiger partial charge in [0.25, 0.3) is 5.91 Å². The van der Waals surface area contributed by atoms with E-state index in [4.69, 9.17) is 4.74 Å². The van der Waals surface area contributed by atoms with Crippen molar-refractivity contribution in [2.45, 2.75) is 93.5 Å². The van der Waals surface area contributed by atoms with Gasteiger partial charge in [0.15, 0.2) is 0 Å². The van der Waals surface area contributed by atoms with Crippen LogP contribution in [0.25, 0.3) is 0 Å². The van der Waals surface area contributed by atoms with Gasteiger partial charge in [-0.05, 0) is 76.7 Å². The van der Waals surface area contributed by atoms with Crippen molar-refractivity contribution in [2.75, 3.05) is 27.2 Å². The molecule has 0 spiro atoms. The minimum atomic E-state index is -3.86. The molecule has 3 N–H and O–H groups in total. The summed E-state index contributed by atoms with van der Waals surface area (Å²) < 4.78 is 32.1. The van der Waals surface area contributed by atoms with Gasteiger partial charge < -0.3 is 25.2 Å². The molecular formula is C32H45N5O9S. The zero-order chi connectivity index (χ0) is 34.4. The minimum Gasteiger partial charge on any atom is -0.469 e. The molecular weight excluding hydrogens is 630 g/mol. The summed E-state index contributed by atoms with van der Waals surface area (Å²) in [4.78, 5) is 82.4. The van der Waals surface area contributed by atoms with Crippen molar-refractivity contribution in [1.82, 2.24) is 25.2 Å². The molecule has 0 radical (unpaired) electrons. The fourth-order valence-electron chi connectivity index (χ4n) is 7.59. The molecule has 258 valence electrons. The summed E-state index contributed by atoms with van der Waals surface area (Å²) in [6.45, 7) is 7.24. The molecule has 5 saturated carbocycles. The molecule has 1 aliphatic heterocycles. The Morgan fingerprint density at radius 3 is 2.13 bits per heavy atom. The molecule has 2 bridgehead atoms. The maximum absolute atomic E-state index is 14.1. The van der Waals surface area contributed by atoms with Crippen molar-refractivity contribution in [2.24, 2.45) is 16.7 Å². The number of carbonyl (C=O) groups excluding carboxylic acids is 6. The molecule has 6 rings (SSSR count). The number of amides is 5. The van der Waals surface area contributed by atoms with Crippen molar-refractivity contribution < 1.29 is 41.9 Å². The highest BCUT2D eigenvalue weighted by molar-refractivity contribution is 7.91. The summed E-state index contributed by atoms with van der Waals surface area (Å²) in [5.41, 5.74) is -2.87. The second-order valence-corrected chi connectivity index (χ2v) is 15.8. The van der Waals surface area contributed by atoms with Crippen LogP contribution in [-0.4, -0.2) is 104 Å². The second-order valence-electron chi connectivity index (χ2n) is 13.9. The van der Waals surface area contributed by atoms with Gasteiger partial charge in [-0.2, -0.15) is 0 Å². The zero-order valence-corrected chi connectivity index (χ0v) is 27.9. The Kier molecular flexibility index (Phi) is 9.34. The Bertz CT molecular complexity index is 1470. The number of fused-ring (bicyclic) bond motifs is 3. The Labute approximate surface area is 275 Å². The molecule has 15 heteroatoms. The molecule has 0 aromatic rings. The highest BCUT2D eigenvalue weighted by Crippen LogP contribution is 2.57. The van der Waals surface area contributed by atoms with E-state index in [1.807, 2.05) is 0 Å². The first kappa shape index (κ1) is 34.6. The number of nitrogens with zero attached hydrogens (tertiary/aromatic N) is 2. The fourth-order valence-corrected chi connectivity index (χ4v) is 8.95. The molecule has 1 saturated heterocycles. The van der Waals surface area contributed by atoms with Crippen LogP contribution in [0.1, 0.15) is 70.6 Å². The molecule has 1 heterocycles. The van der Waals surface area contributed by atoms with E-state index in [1.165, 1.54) is 30.0 Å².